The van der Waals surface area contributed by atoms with Crippen LogP contribution in [0.5, 0.6) is 0 Å². The molecule has 0 aliphatic carbocycles. The second kappa shape index (κ2) is 5.69. The van der Waals surface area contributed by atoms with Crippen molar-refractivity contribution in [2.45, 2.75) is 39.2 Å². The zero-order valence-corrected chi connectivity index (χ0v) is 12.4. The molecule has 1 fully saturated rings. The third-order valence-electron chi connectivity index (χ3n) is 3.28. The number of amides is 1. The number of ether oxygens (including phenoxy) is 1. The molecule has 110 valence electrons. The van der Waals surface area contributed by atoms with Crippen molar-refractivity contribution in [3.05, 3.63) is 24.0 Å². The summed E-state index contributed by atoms with van der Waals surface area (Å²) in [5.41, 5.74) is 6.89. The molecule has 2 heterocycles. The fourth-order valence-corrected chi connectivity index (χ4v) is 2.34. The summed E-state index contributed by atoms with van der Waals surface area (Å²) in [6, 6.07) is 3.81. The smallest absolute Gasteiger partial charge is 0.410 e. The van der Waals surface area contributed by atoms with Crippen LogP contribution in [0.15, 0.2) is 18.3 Å². The molecular weight excluding hydrogens is 254 g/mol. The van der Waals surface area contributed by atoms with Crippen LogP contribution in [0.3, 0.4) is 0 Å². The van der Waals surface area contributed by atoms with Gasteiger partial charge in [-0.2, -0.15) is 0 Å². The van der Waals surface area contributed by atoms with Gasteiger partial charge in [0.15, 0.2) is 0 Å². The number of likely N-dealkylation sites (tertiary alicyclic amines) is 1. The van der Waals surface area contributed by atoms with Gasteiger partial charge < -0.3 is 15.4 Å². The Bertz CT molecular complexity index is 465. The van der Waals surface area contributed by atoms with E-state index in [1.807, 2.05) is 32.9 Å². The first-order valence-corrected chi connectivity index (χ1v) is 7.02. The van der Waals surface area contributed by atoms with Crippen LogP contribution in [-0.2, 0) is 11.2 Å². The van der Waals surface area contributed by atoms with Gasteiger partial charge in [0.25, 0.3) is 0 Å². The molecule has 2 rings (SSSR count). The lowest BCUT2D eigenvalue weighted by Gasteiger charge is -2.24. The number of hydrogen-bond donors (Lipinski definition) is 1. The Labute approximate surface area is 120 Å². The number of hydrogen-bond acceptors (Lipinski definition) is 4. The molecule has 0 radical (unpaired) electrons. The molecule has 1 aromatic heterocycles. The van der Waals surface area contributed by atoms with Crippen molar-refractivity contribution in [2.24, 2.45) is 5.92 Å². The largest absolute Gasteiger partial charge is 0.444 e. The van der Waals surface area contributed by atoms with Gasteiger partial charge in [0.2, 0.25) is 0 Å². The Morgan fingerprint density at radius 2 is 2.25 bits per heavy atom. The quantitative estimate of drug-likeness (QED) is 0.901. The molecule has 1 aromatic rings. The maximum absolute atomic E-state index is 12.0. The van der Waals surface area contributed by atoms with Crippen LogP contribution in [0.1, 0.15) is 32.9 Å². The summed E-state index contributed by atoms with van der Waals surface area (Å²) in [7, 11) is 0. The van der Waals surface area contributed by atoms with E-state index in [4.69, 9.17) is 10.5 Å². The van der Waals surface area contributed by atoms with Gasteiger partial charge in [-0.1, -0.05) is 0 Å². The van der Waals surface area contributed by atoms with Gasteiger partial charge >= 0.3 is 6.09 Å². The van der Waals surface area contributed by atoms with Crippen molar-refractivity contribution >= 4 is 11.8 Å². The Morgan fingerprint density at radius 3 is 2.85 bits per heavy atom. The van der Waals surface area contributed by atoms with Gasteiger partial charge in [-0.05, 0) is 51.7 Å². The molecule has 0 spiro atoms. The normalized spacial score (nSPS) is 19.1. The van der Waals surface area contributed by atoms with Crippen molar-refractivity contribution in [2.75, 3.05) is 18.8 Å². The number of carbonyl (C=O) groups is 1. The lowest BCUT2D eigenvalue weighted by Crippen LogP contribution is -2.35. The molecule has 20 heavy (non-hydrogen) atoms. The van der Waals surface area contributed by atoms with Crippen molar-refractivity contribution in [1.29, 1.82) is 0 Å². The van der Waals surface area contributed by atoms with Crippen molar-refractivity contribution in [3.63, 3.8) is 0 Å². The predicted molar refractivity (Wildman–Crippen MR) is 78.3 cm³/mol. The number of nitrogens with zero attached hydrogens (tertiary/aromatic N) is 2. The van der Waals surface area contributed by atoms with Crippen molar-refractivity contribution in [3.8, 4) is 0 Å². The lowest BCUT2D eigenvalue weighted by atomic mass is 10.0. The molecule has 5 nitrogen and oxygen atoms in total. The minimum Gasteiger partial charge on any atom is -0.444 e. The second-order valence-corrected chi connectivity index (χ2v) is 6.37. The highest BCUT2D eigenvalue weighted by Crippen LogP contribution is 2.22. The molecule has 5 heteroatoms. The highest BCUT2D eigenvalue weighted by molar-refractivity contribution is 5.68. The summed E-state index contributed by atoms with van der Waals surface area (Å²) >= 11 is 0. The average Bonchev–Trinajstić information content (AvgIpc) is 2.79. The van der Waals surface area contributed by atoms with Crippen molar-refractivity contribution < 1.29 is 9.53 Å². The first kappa shape index (κ1) is 14.6. The average molecular weight is 277 g/mol. The number of pyridine rings is 1. The Kier molecular flexibility index (Phi) is 4.16. The molecule has 1 saturated heterocycles. The van der Waals surface area contributed by atoms with Gasteiger partial charge in [-0.15, -0.1) is 0 Å². The summed E-state index contributed by atoms with van der Waals surface area (Å²) in [6.07, 6.45) is 3.33. The van der Waals surface area contributed by atoms with Gasteiger partial charge in [0.05, 0.1) is 11.9 Å². The van der Waals surface area contributed by atoms with Crippen LogP contribution in [0.4, 0.5) is 10.5 Å². The Hall–Kier alpha value is -1.78. The monoisotopic (exact) mass is 277 g/mol. The first-order chi connectivity index (χ1) is 9.33. The van der Waals surface area contributed by atoms with E-state index in [1.165, 1.54) is 0 Å². The molecule has 1 atom stereocenters. The molecule has 0 saturated carbocycles. The zero-order chi connectivity index (χ0) is 14.8. The molecule has 0 bridgehead atoms. The number of carbonyl (C=O) groups excluding carboxylic acids is 1. The molecular formula is C15H23N3O2. The van der Waals surface area contributed by atoms with E-state index in [-0.39, 0.29) is 6.09 Å². The van der Waals surface area contributed by atoms with E-state index >= 15 is 0 Å². The third-order valence-corrected chi connectivity index (χ3v) is 3.28. The lowest BCUT2D eigenvalue weighted by molar-refractivity contribution is 0.0288. The van der Waals surface area contributed by atoms with Gasteiger partial charge in [0.1, 0.15) is 5.60 Å². The zero-order valence-electron chi connectivity index (χ0n) is 12.4. The number of anilines is 1. The maximum atomic E-state index is 12.0. The fraction of sp³-hybridized carbons (Fsp3) is 0.600. The topological polar surface area (TPSA) is 68.5 Å². The predicted octanol–water partition coefficient (Wildman–Crippen LogP) is 2.46. The Balaban J connectivity index is 1.86. The van der Waals surface area contributed by atoms with Crippen LogP contribution >= 0.6 is 0 Å². The van der Waals surface area contributed by atoms with E-state index in [9.17, 15) is 4.79 Å². The van der Waals surface area contributed by atoms with E-state index < -0.39 is 5.60 Å². The SMILES string of the molecule is CC(C)(C)OC(=O)N1CCC(Cc2ccc(N)cn2)C1. The van der Waals surface area contributed by atoms with Crippen LogP contribution in [-0.4, -0.2) is 34.7 Å². The summed E-state index contributed by atoms with van der Waals surface area (Å²) < 4.78 is 5.39. The molecule has 1 amide bonds. The first-order valence-electron chi connectivity index (χ1n) is 7.02. The summed E-state index contributed by atoms with van der Waals surface area (Å²) in [5, 5.41) is 0. The van der Waals surface area contributed by atoms with E-state index in [0.29, 0.717) is 11.6 Å². The number of nitrogen functional groups attached to an aromatic ring is 1. The van der Waals surface area contributed by atoms with E-state index in [0.717, 1.165) is 31.6 Å². The molecule has 2 N–H and O–H groups in total. The standard InChI is InChI=1S/C15H23N3O2/c1-15(2,3)20-14(19)18-7-6-11(10-18)8-13-5-4-12(16)9-17-13/h4-5,9,11H,6-8,10,16H2,1-3H3. The van der Waals surface area contributed by atoms with E-state index in [2.05, 4.69) is 4.98 Å². The molecule has 1 unspecified atom stereocenters. The van der Waals surface area contributed by atoms with E-state index in [1.54, 1.807) is 11.1 Å². The highest BCUT2D eigenvalue weighted by Gasteiger charge is 2.29. The van der Waals surface area contributed by atoms with Gasteiger partial charge in [-0.3, -0.25) is 4.98 Å². The van der Waals surface area contributed by atoms with Crippen LogP contribution in [0.25, 0.3) is 0 Å². The third kappa shape index (κ3) is 4.11. The number of rotatable bonds is 2. The van der Waals surface area contributed by atoms with Gasteiger partial charge in [0, 0.05) is 18.8 Å². The van der Waals surface area contributed by atoms with Gasteiger partial charge in [-0.25, -0.2) is 4.79 Å². The summed E-state index contributed by atoms with van der Waals surface area (Å²) in [4.78, 5) is 18.1. The minimum atomic E-state index is -0.437. The molecule has 1 aliphatic rings. The molecule has 0 aromatic carbocycles. The second-order valence-electron chi connectivity index (χ2n) is 6.37. The van der Waals surface area contributed by atoms with Crippen LogP contribution in [0, 0.1) is 5.92 Å². The fourth-order valence-electron chi connectivity index (χ4n) is 2.34. The highest BCUT2D eigenvalue weighted by atomic mass is 16.6. The number of aromatic nitrogens is 1. The van der Waals surface area contributed by atoms with Crippen LogP contribution in [0.2, 0.25) is 0 Å². The maximum Gasteiger partial charge on any atom is 0.410 e. The molecule has 1 aliphatic heterocycles. The minimum absolute atomic E-state index is 0.217. The summed E-state index contributed by atoms with van der Waals surface area (Å²) in [5.74, 6) is 0.443. The summed E-state index contributed by atoms with van der Waals surface area (Å²) in [6.45, 7) is 7.15. The van der Waals surface area contributed by atoms with Crippen LogP contribution < -0.4 is 5.73 Å². The Morgan fingerprint density at radius 1 is 1.50 bits per heavy atom. The van der Waals surface area contributed by atoms with Crippen molar-refractivity contribution in [1.82, 2.24) is 9.88 Å². The number of nitrogens with two attached hydrogens (primary N) is 1.